The Hall–Kier alpha value is 0.0500. The van der Waals surface area contributed by atoms with Crippen molar-refractivity contribution in [1.82, 2.24) is 4.31 Å². The maximum absolute atomic E-state index is 12.6. The van der Waals surface area contributed by atoms with E-state index in [4.69, 9.17) is 5.11 Å². The summed E-state index contributed by atoms with van der Waals surface area (Å²) in [5, 5.41) is 8.89. The normalized spacial score (nSPS) is 12.4. The summed E-state index contributed by atoms with van der Waals surface area (Å²) in [4.78, 5) is 0.230. The van der Waals surface area contributed by atoms with Crippen LogP contribution >= 0.6 is 31.9 Å². The van der Waals surface area contributed by atoms with Gasteiger partial charge in [-0.3, -0.25) is 0 Å². The second-order valence-corrected chi connectivity index (χ2v) is 7.99. The molecule has 0 bridgehead atoms. The van der Waals surface area contributed by atoms with Crippen LogP contribution in [-0.4, -0.2) is 37.0 Å². The van der Waals surface area contributed by atoms with Gasteiger partial charge in [-0.1, -0.05) is 15.9 Å². The van der Waals surface area contributed by atoms with Crippen LogP contribution in [0.4, 0.5) is 0 Å². The fraction of sp³-hybridized carbons (Fsp3) is 0.500. The number of hydrogen-bond donors (Lipinski definition) is 1. The molecule has 19 heavy (non-hydrogen) atoms. The summed E-state index contributed by atoms with van der Waals surface area (Å²) < 4.78 is 27.9. The highest BCUT2D eigenvalue weighted by Gasteiger charge is 2.28. The van der Waals surface area contributed by atoms with Crippen LogP contribution in [0.15, 0.2) is 32.0 Å². The molecule has 1 N–H and O–H groups in total. The van der Waals surface area contributed by atoms with Crippen LogP contribution in [0.5, 0.6) is 0 Å². The first-order valence-corrected chi connectivity index (χ1v) is 8.91. The molecule has 0 aliphatic rings. The second-order valence-electron chi connectivity index (χ2n) is 4.36. The molecule has 0 aliphatic heterocycles. The van der Waals surface area contributed by atoms with Crippen molar-refractivity contribution in [2.45, 2.75) is 31.2 Å². The number of aliphatic hydroxyl groups excluding tert-OH is 1. The summed E-state index contributed by atoms with van der Waals surface area (Å²) in [6, 6.07) is 4.88. The van der Waals surface area contributed by atoms with Crippen LogP contribution in [0, 0.1) is 0 Å². The van der Waals surface area contributed by atoms with Gasteiger partial charge in [0.25, 0.3) is 0 Å². The molecule has 0 amide bonds. The Morgan fingerprint density at radius 2 is 1.95 bits per heavy atom. The van der Waals surface area contributed by atoms with Crippen LogP contribution in [0.3, 0.4) is 0 Å². The van der Waals surface area contributed by atoms with Gasteiger partial charge < -0.3 is 5.11 Å². The zero-order chi connectivity index (χ0) is 14.6. The van der Waals surface area contributed by atoms with Crippen molar-refractivity contribution < 1.29 is 13.5 Å². The predicted molar refractivity (Wildman–Crippen MR) is 82.6 cm³/mol. The minimum absolute atomic E-state index is 0.0294. The van der Waals surface area contributed by atoms with E-state index in [9.17, 15) is 8.42 Å². The Balaban J connectivity index is 3.22. The molecule has 4 nitrogen and oxygen atoms in total. The molecule has 0 unspecified atom stereocenters. The topological polar surface area (TPSA) is 57.6 Å². The standard InChI is InChI=1S/C12H17Br2NO3S/c1-9(2)15(6-3-7-16)19(17,18)12-8-10(13)4-5-11(12)14/h4-5,8-9,16H,3,6-7H2,1-2H3. The quantitative estimate of drug-likeness (QED) is 0.778. The molecule has 7 heteroatoms. The lowest BCUT2D eigenvalue weighted by Crippen LogP contribution is -2.38. The van der Waals surface area contributed by atoms with E-state index in [1.54, 1.807) is 18.2 Å². The zero-order valence-electron chi connectivity index (χ0n) is 10.8. The Kier molecular flexibility index (Phi) is 6.46. The van der Waals surface area contributed by atoms with E-state index >= 15 is 0 Å². The van der Waals surface area contributed by atoms with Gasteiger partial charge in [0, 0.05) is 28.1 Å². The highest BCUT2D eigenvalue weighted by Crippen LogP contribution is 2.29. The van der Waals surface area contributed by atoms with Gasteiger partial charge in [-0.05, 0) is 54.4 Å². The van der Waals surface area contributed by atoms with Crippen molar-refractivity contribution in [3.63, 3.8) is 0 Å². The number of aliphatic hydroxyl groups is 1. The van der Waals surface area contributed by atoms with Gasteiger partial charge in [0.2, 0.25) is 10.0 Å². The second kappa shape index (κ2) is 7.17. The molecule has 0 heterocycles. The van der Waals surface area contributed by atoms with E-state index in [1.165, 1.54) is 4.31 Å². The zero-order valence-corrected chi connectivity index (χ0v) is 14.8. The SMILES string of the molecule is CC(C)N(CCCO)S(=O)(=O)c1cc(Br)ccc1Br. The minimum Gasteiger partial charge on any atom is -0.396 e. The molecule has 108 valence electrons. The smallest absolute Gasteiger partial charge is 0.244 e. The van der Waals surface area contributed by atoms with Crippen LogP contribution in [0.1, 0.15) is 20.3 Å². The molecule has 0 saturated heterocycles. The third-order valence-electron chi connectivity index (χ3n) is 2.59. The molecule has 0 saturated carbocycles. The summed E-state index contributed by atoms with van der Waals surface area (Å²) in [7, 11) is -3.58. The lowest BCUT2D eigenvalue weighted by Gasteiger charge is -2.26. The molecule has 0 atom stereocenters. The van der Waals surface area contributed by atoms with Gasteiger partial charge in [0.05, 0.1) is 4.90 Å². The highest BCUT2D eigenvalue weighted by atomic mass is 79.9. The number of benzene rings is 1. The first-order valence-electron chi connectivity index (χ1n) is 5.88. The first-order chi connectivity index (χ1) is 8.80. The van der Waals surface area contributed by atoms with E-state index < -0.39 is 10.0 Å². The van der Waals surface area contributed by atoms with E-state index in [0.29, 0.717) is 21.9 Å². The number of halogens is 2. The Morgan fingerprint density at radius 1 is 1.32 bits per heavy atom. The minimum atomic E-state index is -3.58. The average Bonchev–Trinajstić information content (AvgIpc) is 2.32. The molecule has 1 aromatic rings. The van der Waals surface area contributed by atoms with Gasteiger partial charge in [-0.15, -0.1) is 0 Å². The molecule has 0 spiro atoms. The Bertz CT molecular complexity index is 532. The van der Waals surface area contributed by atoms with Crippen LogP contribution in [0.25, 0.3) is 0 Å². The first kappa shape index (κ1) is 17.1. The third-order valence-corrected chi connectivity index (χ3v) is 6.15. The Labute approximate surface area is 131 Å². The molecular weight excluding hydrogens is 398 g/mol. The van der Waals surface area contributed by atoms with Gasteiger partial charge >= 0.3 is 0 Å². The molecular formula is C12H17Br2NO3S. The van der Waals surface area contributed by atoms with E-state index in [0.717, 1.165) is 0 Å². The number of nitrogens with zero attached hydrogens (tertiary/aromatic N) is 1. The van der Waals surface area contributed by atoms with E-state index in [2.05, 4.69) is 31.9 Å². The van der Waals surface area contributed by atoms with Gasteiger partial charge in [-0.2, -0.15) is 4.31 Å². The van der Waals surface area contributed by atoms with Crippen LogP contribution in [0.2, 0.25) is 0 Å². The van der Waals surface area contributed by atoms with Crippen LogP contribution in [-0.2, 0) is 10.0 Å². The summed E-state index contributed by atoms with van der Waals surface area (Å²) in [6.07, 6.45) is 0.420. The Morgan fingerprint density at radius 3 is 2.47 bits per heavy atom. The summed E-state index contributed by atoms with van der Waals surface area (Å²) in [5.41, 5.74) is 0. The predicted octanol–water partition coefficient (Wildman–Crippen LogP) is 2.99. The number of hydrogen-bond acceptors (Lipinski definition) is 3. The lowest BCUT2D eigenvalue weighted by atomic mass is 10.3. The van der Waals surface area contributed by atoms with E-state index in [-0.39, 0.29) is 17.5 Å². The fourth-order valence-electron chi connectivity index (χ4n) is 1.68. The van der Waals surface area contributed by atoms with Crippen molar-refractivity contribution in [2.75, 3.05) is 13.2 Å². The summed E-state index contributed by atoms with van der Waals surface area (Å²) in [5.74, 6) is 0. The van der Waals surface area contributed by atoms with Gasteiger partial charge in [0.1, 0.15) is 0 Å². The molecule has 1 rings (SSSR count). The van der Waals surface area contributed by atoms with Crippen LogP contribution < -0.4 is 0 Å². The molecule has 0 aliphatic carbocycles. The largest absolute Gasteiger partial charge is 0.396 e. The lowest BCUT2D eigenvalue weighted by molar-refractivity contribution is 0.258. The fourth-order valence-corrected chi connectivity index (χ4v) is 4.82. The van der Waals surface area contributed by atoms with Gasteiger partial charge in [-0.25, -0.2) is 8.42 Å². The van der Waals surface area contributed by atoms with Crippen molar-refractivity contribution >= 4 is 41.9 Å². The number of sulfonamides is 1. The third kappa shape index (κ3) is 4.26. The monoisotopic (exact) mass is 413 g/mol. The average molecular weight is 415 g/mol. The summed E-state index contributed by atoms with van der Waals surface area (Å²) in [6.45, 7) is 3.91. The maximum atomic E-state index is 12.6. The highest BCUT2D eigenvalue weighted by molar-refractivity contribution is 9.11. The van der Waals surface area contributed by atoms with Crippen molar-refractivity contribution in [1.29, 1.82) is 0 Å². The number of rotatable bonds is 6. The molecule has 0 radical (unpaired) electrons. The van der Waals surface area contributed by atoms with E-state index in [1.807, 2.05) is 13.8 Å². The van der Waals surface area contributed by atoms with Crippen molar-refractivity contribution in [2.24, 2.45) is 0 Å². The van der Waals surface area contributed by atoms with Gasteiger partial charge in [0.15, 0.2) is 0 Å². The molecule has 1 aromatic carbocycles. The van der Waals surface area contributed by atoms with Crippen molar-refractivity contribution in [3.8, 4) is 0 Å². The summed E-state index contributed by atoms with van der Waals surface area (Å²) >= 11 is 6.56. The molecule has 0 fully saturated rings. The maximum Gasteiger partial charge on any atom is 0.244 e. The van der Waals surface area contributed by atoms with Crippen molar-refractivity contribution in [3.05, 3.63) is 27.1 Å². The molecule has 0 aromatic heterocycles.